The monoisotopic (exact) mass is 257 g/mol. The Balaban J connectivity index is 2.02. The molecule has 1 unspecified atom stereocenters. The van der Waals surface area contributed by atoms with E-state index in [4.69, 9.17) is 14.9 Å². The van der Waals surface area contributed by atoms with Crippen molar-refractivity contribution in [3.8, 4) is 5.75 Å². The molecule has 4 heteroatoms. The number of hydrogen-bond donors (Lipinski definition) is 1. The molecule has 1 aromatic carbocycles. The molecule has 1 atom stereocenters. The van der Waals surface area contributed by atoms with Crippen LogP contribution >= 0.6 is 0 Å². The lowest BCUT2D eigenvalue weighted by atomic mass is 9.96. The summed E-state index contributed by atoms with van der Waals surface area (Å²) >= 11 is 0. The first-order valence-corrected chi connectivity index (χ1v) is 6.34. The molecule has 19 heavy (non-hydrogen) atoms. The van der Waals surface area contributed by atoms with E-state index >= 15 is 0 Å². The zero-order valence-electron chi connectivity index (χ0n) is 10.7. The highest BCUT2D eigenvalue weighted by Crippen LogP contribution is 2.39. The van der Waals surface area contributed by atoms with Gasteiger partial charge in [0.2, 0.25) is 0 Å². The number of rotatable bonds is 2. The molecule has 0 spiro atoms. The van der Waals surface area contributed by atoms with Crippen LogP contribution in [-0.2, 0) is 6.42 Å². The van der Waals surface area contributed by atoms with E-state index < -0.39 is 0 Å². The first-order chi connectivity index (χ1) is 9.19. The van der Waals surface area contributed by atoms with Gasteiger partial charge in [-0.05, 0) is 36.2 Å². The quantitative estimate of drug-likeness (QED) is 0.839. The van der Waals surface area contributed by atoms with Crippen LogP contribution in [0.2, 0.25) is 0 Å². The number of ether oxygens (including phenoxy) is 1. The summed E-state index contributed by atoms with van der Waals surface area (Å²) in [6, 6.07) is 7.31. The summed E-state index contributed by atoms with van der Waals surface area (Å²) in [6.45, 7) is 2.03. The van der Waals surface area contributed by atoms with Gasteiger partial charge >= 0.3 is 0 Å². The predicted molar refractivity (Wildman–Crippen MR) is 71.3 cm³/mol. The van der Waals surface area contributed by atoms with Crippen LogP contribution in [0.5, 0.6) is 5.75 Å². The molecule has 0 saturated heterocycles. The van der Waals surface area contributed by atoms with Gasteiger partial charge in [0.05, 0.1) is 23.9 Å². The normalized spacial score (nSPS) is 17.9. The van der Waals surface area contributed by atoms with Crippen molar-refractivity contribution in [2.75, 3.05) is 5.73 Å². The van der Waals surface area contributed by atoms with Crippen LogP contribution in [0.3, 0.4) is 0 Å². The average Bonchev–Trinajstić information content (AvgIpc) is 2.93. The SMILES string of the molecule is CCc1cc(N)c2c(c1)C(=O)CC(c1ccco1)O2. The fourth-order valence-corrected chi connectivity index (χ4v) is 2.35. The van der Waals surface area contributed by atoms with Crippen molar-refractivity contribution in [3.05, 3.63) is 47.4 Å². The van der Waals surface area contributed by atoms with E-state index in [1.807, 2.05) is 19.1 Å². The van der Waals surface area contributed by atoms with Crippen molar-refractivity contribution in [1.82, 2.24) is 0 Å². The van der Waals surface area contributed by atoms with E-state index in [0.717, 1.165) is 12.0 Å². The number of Topliss-reactive ketones (excluding diaryl/α,β-unsaturated/α-hetero) is 1. The maximum Gasteiger partial charge on any atom is 0.170 e. The zero-order chi connectivity index (χ0) is 13.4. The van der Waals surface area contributed by atoms with Crippen LogP contribution < -0.4 is 10.5 Å². The van der Waals surface area contributed by atoms with Crippen molar-refractivity contribution in [1.29, 1.82) is 0 Å². The molecule has 1 aliphatic heterocycles. The van der Waals surface area contributed by atoms with E-state index in [-0.39, 0.29) is 18.3 Å². The van der Waals surface area contributed by atoms with Gasteiger partial charge in [-0.15, -0.1) is 0 Å². The van der Waals surface area contributed by atoms with Crippen molar-refractivity contribution in [2.24, 2.45) is 0 Å². The molecule has 4 nitrogen and oxygen atoms in total. The summed E-state index contributed by atoms with van der Waals surface area (Å²) in [6.07, 6.45) is 2.31. The van der Waals surface area contributed by atoms with Crippen LogP contribution in [0.25, 0.3) is 0 Å². The lowest BCUT2D eigenvalue weighted by Gasteiger charge is -2.25. The Bertz CT molecular complexity index is 617. The number of furan rings is 1. The standard InChI is InChI=1S/C15H15NO3/c1-2-9-6-10-12(17)8-14(13-4-3-5-18-13)19-15(10)11(16)7-9/h3-7,14H,2,8,16H2,1H3. The molecule has 3 rings (SSSR count). The number of hydrogen-bond acceptors (Lipinski definition) is 4. The summed E-state index contributed by atoms with van der Waals surface area (Å²) < 4.78 is 11.1. The Hall–Kier alpha value is -2.23. The van der Waals surface area contributed by atoms with Gasteiger partial charge < -0.3 is 14.9 Å². The molecule has 1 aliphatic rings. The lowest BCUT2D eigenvalue weighted by Crippen LogP contribution is -2.21. The minimum absolute atomic E-state index is 0.0460. The molecule has 0 saturated carbocycles. The fourth-order valence-electron chi connectivity index (χ4n) is 2.35. The third-order valence-electron chi connectivity index (χ3n) is 3.38. The second-order valence-corrected chi connectivity index (χ2v) is 4.66. The summed E-state index contributed by atoms with van der Waals surface area (Å²) in [4.78, 5) is 12.2. The summed E-state index contributed by atoms with van der Waals surface area (Å²) in [7, 11) is 0. The smallest absolute Gasteiger partial charge is 0.170 e. The second kappa shape index (κ2) is 4.46. The Labute approximate surface area is 111 Å². The number of carbonyl (C=O) groups is 1. The summed E-state index contributed by atoms with van der Waals surface area (Å²) in [5.41, 5.74) is 8.13. The number of nitrogens with two attached hydrogens (primary N) is 1. The highest BCUT2D eigenvalue weighted by Gasteiger charge is 2.30. The van der Waals surface area contributed by atoms with Crippen molar-refractivity contribution in [3.63, 3.8) is 0 Å². The average molecular weight is 257 g/mol. The number of carbonyl (C=O) groups excluding carboxylic acids is 1. The van der Waals surface area contributed by atoms with Crippen molar-refractivity contribution in [2.45, 2.75) is 25.9 Å². The second-order valence-electron chi connectivity index (χ2n) is 4.66. The molecular formula is C15H15NO3. The van der Waals surface area contributed by atoms with Crippen LogP contribution in [0.1, 0.15) is 41.1 Å². The number of fused-ring (bicyclic) bond motifs is 1. The van der Waals surface area contributed by atoms with Crippen molar-refractivity contribution >= 4 is 11.5 Å². The molecule has 2 N–H and O–H groups in total. The van der Waals surface area contributed by atoms with Gasteiger partial charge in [-0.25, -0.2) is 0 Å². The number of ketones is 1. The van der Waals surface area contributed by atoms with Crippen LogP contribution in [0.15, 0.2) is 34.9 Å². The van der Waals surface area contributed by atoms with Crippen LogP contribution in [0.4, 0.5) is 5.69 Å². The zero-order valence-corrected chi connectivity index (χ0v) is 10.7. The van der Waals surface area contributed by atoms with Crippen LogP contribution in [-0.4, -0.2) is 5.78 Å². The lowest BCUT2D eigenvalue weighted by molar-refractivity contribution is 0.0819. The molecule has 0 aliphatic carbocycles. The van der Waals surface area contributed by atoms with Gasteiger partial charge in [-0.3, -0.25) is 4.79 Å². The maximum absolute atomic E-state index is 12.2. The fraction of sp³-hybridized carbons (Fsp3) is 0.267. The Morgan fingerprint density at radius 1 is 1.42 bits per heavy atom. The molecule has 1 aromatic heterocycles. The molecule has 0 fully saturated rings. The van der Waals surface area contributed by atoms with E-state index in [1.54, 1.807) is 18.4 Å². The van der Waals surface area contributed by atoms with E-state index in [9.17, 15) is 4.79 Å². The predicted octanol–water partition coefficient (Wildman–Crippen LogP) is 3.13. The van der Waals surface area contributed by atoms with Crippen LogP contribution in [0, 0.1) is 0 Å². The minimum Gasteiger partial charge on any atom is -0.479 e. The summed E-state index contributed by atoms with van der Waals surface area (Å²) in [5.74, 6) is 1.18. The topological polar surface area (TPSA) is 65.5 Å². The van der Waals surface area contributed by atoms with Crippen molar-refractivity contribution < 1.29 is 13.9 Å². The highest BCUT2D eigenvalue weighted by atomic mass is 16.5. The van der Waals surface area contributed by atoms with Gasteiger partial charge in [0.15, 0.2) is 17.6 Å². The number of aryl methyl sites for hydroxylation is 1. The number of anilines is 1. The Morgan fingerprint density at radius 2 is 2.26 bits per heavy atom. The molecule has 0 radical (unpaired) electrons. The number of benzene rings is 1. The molecular weight excluding hydrogens is 242 g/mol. The van der Waals surface area contributed by atoms with Gasteiger partial charge in [-0.2, -0.15) is 0 Å². The van der Waals surface area contributed by atoms with Gasteiger partial charge in [0, 0.05) is 0 Å². The Morgan fingerprint density at radius 3 is 2.95 bits per heavy atom. The molecule has 98 valence electrons. The molecule has 0 amide bonds. The largest absolute Gasteiger partial charge is 0.479 e. The maximum atomic E-state index is 12.2. The molecule has 0 bridgehead atoms. The minimum atomic E-state index is -0.384. The number of nitrogen functional groups attached to an aromatic ring is 1. The molecule has 2 aromatic rings. The Kier molecular flexibility index (Phi) is 2.78. The van der Waals surface area contributed by atoms with E-state index in [1.165, 1.54) is 0 Å². The third kappa shape index (κ3) is 1.99. The third-order valence-corrected chi connectivity index (χ3v) is 3.38. The van der Waals surface area contributed by atoms with Gasteiger partial charge in [0.25, 0.3) is 0 Å². The van der Waals surface area contributed by atoms with E-state index in [0.29, 0.717) is 22.8 Å². The first-order valence-electron chi connectivity index (χ1n) is 6.34. The van der Waals surface area contributed by atoms with Gasteiger partial charge in [0.1, 0.15) is 5.76 Å². The highest BCUT2D eigenvalue weighted by molar-refractivity contribution is 6.01. The molecule has 2 heterocycles. The first kappa shape index (κ1) is 11.8. The van der Waals surface area contributed by atoms with E-state index in [2.05, 4.69) is 0 Å². The summed E-state index contributed by atoms with van der Waals surface area (Å²) in [5, 5.41) is 0. The van der Waals surface area contributed by atoms with Gasteiger partial charge in [-0.1, -0.05) is 6.92 Å².